The van der Waals surface area contributed by atoms with Crippen LogP contribution in [-0.4, -0.2) is 38.1 Å². The van der Waals surface area contributed by atoms with Gasteiger partial charge in [0.05, 0.1) is 6.61 Å². The van der Waals surface area contributed by atoms with E-state index in [1.54, 1.807) is 0 Å². The first kappa shape index (κ1) is 13.4. The van der Waals surface area contributed by atoms with Crippen molar-refractivity contribution in [3.05, 3.63) is 0 Å². The summed E-state index contributed by atoms with van der Waals surface area (Å²) in [5.41, 5.74) is 0. The molecule has 0 rings (SSSR count). The largest absolute Gasteiger partial charge is 0.466 e. The highest BCUT2D eigenvalue weighted by molar-refractivity contribution is 5.69. The van der Waals surface area contributed by atoms with Crippen molar-refractivity contribution < 1.29 is 9.53 Å². The van der Waals surface area contributed by atoms with E-state index in [0.717, 1.165) is 19.4 Å². The summed E-state index contributed by atoms with van der Waals surface area (Å²) in [6.07, 6.45) is 2.40. The fourth-order valence-electron chi connectivity index (χ4n) is 1.05. The lowest BCUT2D eigenvalue weighted by Gasteiger charge is -2.09. The molecule has 0 saturated heterocycles. The van der Waals surface area contributed by atoms with Crippen LogP contribution in [-0.2, 0) is 9.53 Å². The van der Waals surface area contributed by atoms with Crippen LogP contribution in [0, 0.1) is 5.92 Å². The number of carbonyl (C=O) groups is 1. The molecule has 0 saturated carbocycles. The molecule has 0 unspecified atom stereocenters. The van der Waals surface area contributed by atoms with E-state index in [0.29, 0.717) is 18.9 Å². The maximum absolute atomic E-state index is 11.2. The SMILES string of the molecule is CC(C)CCC(=O)OCCCN(C)C. The first-order valence-corrected chi connectivity index (χ1v) is 5.32. The van der Waals surface area contributed by atoms with Crippen molar-refractivity contribution >= 4 is 5.97 Å². The predicted octanol–water partition coefficient (Wildman–Crippen LogP) is 1.92. The van der Waals surface area contributed by atoms with E-state index in [-0.39, 0.29) is 5.97 Å². The van der Waals surface area contributed by atoms with Gasteiger partial charge in [-0.3, -0.25) is 4.79 Å². The molecule has 84 valence electrons. The molecular formula is C11H23NO2. The molecule has 0 heterocycles. The van der Waals surface area contributed by atoms with E-state index in [9.17, 15) is 4.79 Å². The second kappa shape index (κ2) is 7.80. The maximum atomic E-state index is 11.2. The zero-order chi connectivity index (χ0) is 11.0. The second-order valence-corrected chi connectivity index (χ2v) is 4.31. The molecule has 0 aromatic heterocycles. The Balaban J connectivity index is 3.27. The molecule has 0 fully saturated rings. The lowest BCUT2D eigenvalue weighted by molar-refractivity contribution is -0.144. The topological polar surface area (TPSA) is 29.5 Å². The van der Waals surface area contributed by atoms with E-state index in [1.807, 2.05) is 14.1 Å². The highest BCUT2D eigenvalue weighted by Crippen LogP contribution is 2.04. The van der Waals surface area contributed by atoms with Gasteiger partial charge in [0, 0.05) is 13.0 Å². The number of hydrogen-bond donors (Lipinski definition) is 0. The Morgan fingerprint density at radius 1 is 1.36 bits per heavy atom. The number of nitrogens with zero attached hydrogens (tertiary/aromatic N) is 1. The van der Waals surface area contributed by atoms with Gasteiger partial charge in [-0.1, -0.05) is 13.8 Å². The molecule has 0 aliphatic heterocycles. The van der Waals surface area contributed by atoms with Crippen LogP contribution in [0.15, 0.2) is 0 Å². The van der Waals surface area contributed by atoms with Crippen LogP contribution in [0.4, 0.5) is 0 Å². The van der Waals surface area contributed by atoms with Crippen molar-refractivity contribution in [3.63, 3.8) is 0 Å². The Labute approximate surface area is 87.4 Å². The highest BCUT2D eigenvalue weighted by atomic mass is 16.5. The molecule has 0 aromatic carbocycles. The summed E-state index contributed by atoms with van der Waals surface area (Å²) in [6, 6.07) is 0. The lowest BCUT2D eigenvalue weighted by atomic mass is 10.1. The predicted molar refractivity (Wildman–Crippen MR) is 58.2 cm³/mol. The van der Waals surface area contributed by atoms with Gasteiger partial charge < -0.3 is 9.64 Å². The van der Waals surface area contributed by atoms with Gasteiger partial charge in [0.25, 0.3) is 0 Å². The van der Waals surface area contributed by atoms with Gasteiger partial charge in [-0.2, -0.15) is 0 Å². The molecule has 0 radical (unpaired) electrons. The van der Waals surface area contributed by atoms with Crippen molar-refractivity contribution in [2.24, 2.45) is 5.92 Å². The average Bonchev–Trinajstić information content (AvgIpc) is 2.08. The molecular weight excluding hydrogens is 178 g/mol. The minimum Gasteiger partial charge on any atom is -0.466 e. The molecule has 0 aromatic rings. The van der Waals surface area contributed by atoms with Gasteiger partial charge in [-0.05, 0) is 32.9 Å². The number of hydrogen-bond acceptors (Lipinski definition) is 3. The molecule has 0 aliphatic carbocycles. The summed E-state index contributed by atoms with van der Waals surface area (Å²) in [7, 11) is 4.03. The highest BCUT2D eigenvalue weighted by Gasteiger charge is 2.04. The number of carbonyl (C=O) groups excluding carboxylic acids is 1. The number of ether oxygens (including phenoxy) is 1. The fourth-order valence-corrected chi connectivity index (χ4v) is 1.05. The van der Waals surface area contributed by atoms with Crippen molar-refractivity contribution in [1.82, 2.24) is 4.90 Å². The average molecular weight is 201 g/mol. The fraction of sp³-hybridized carbons (Fsp3) is 0.909. The maximum Gasteiger partial charge on any atom is 0.305 e. The Kier molecular flexibility index (Phi) is 7.48. The number of esters is 1. The molecule has 3 heteroatoms. The Morgan fingerprint density at radius 2 is 2.00 bits per heavy atom. The Hall–Kier alpha value is -0.570. The van der Waals surface area contributed by atoms with Crippen molar-refractivity contribution in [1.29, 1.82) is 0 Å². The zero-order valence-electron chi connectivity index (χ0n) is 9.88. The summed E-state index contributed by atoms with van der Waals surface area (Å²) in [5.74, 6) is 0.516. The van der Waals surface area contributed by atoms with E-state index in [4.69, 9.17) is 4.74 Å². The van der Waals surface area contributed by atoms with Crippen LogP contribution >= 0.6 is 0 Å². The Morgan fingerprint density at radius 3 is 2.50 bits per heavy atom. The Bertz CT molecular complexity index is 155. The van der Waals surface area contributed by atoms with Crippen LogP contribution in [0.2, 0.25) is 0 Å². The summed E-state index contributed by atoms with van der Waals surface area (Å²) in [6.45, 7) is 5.74. The first-order chi connectivity index (χ1) is 6.52. The molecule has 0 N–H and O–H groups in total. The third-order valence-corrected chi connectivity index (χ3v) is 1.94. The summed E-state index contributed by atoms with van der Waals surface area (Å²) < 4.78 is 5.08. The van der Waals surface area contributed by atoms with E-state index in [1.165, 1.54) is 0 Å². The van der Waals surface area contributed by atoms with Crippen LogP contribution in [0.5, 0.6) is 0 Å². The summed E-state index contributed by atoms with van der Waals surface area (Å²) in [4.78, 5) is 13.2. The van der Waals surface area contributed by atoms with Gasteiger partial charge in [-0.15, -0.1) is 0 Å². The second-order valence-electron chi connectivity index (χ2n) is 4.31. The van der Waals surface area contributed by atoms with Crippen molar-refractivity contribution in [2.75, 3.05) is 27.2 Å². The lowest BCUT2D eigenvalue weighted by Crippen LogP contribution is -2.16. The van der Waals surface area contributed by atoms with Crippen LogP contribution in [0.1, 0.15) is 33.1 Å². The first-order valence-electron chi connectivity index (χ1n) is 5.32. The minimum atomic E-state index is -0.0579. The molecule has 0 spiro atoms. The van der Waals surface area contributed by atoms with Crippen molar-refractivity contribution in [2.45, 2.75) is 33.1 Å². The van der Waals surface area contributed by atoms with Gasteiger partial charge in [0.1, 0.15) is 0 Å². The molecule has 3 nitrogen and oxygen atoms in total. The third-order valence-electron chi connectivity index (χ3n) is 1.94. The third kappa shape index (κ3) is 9.52. The van der Waals surface area contributed by atoms with Crippen LogP contribution in [0.25, 0.3) is 0 Å². The molecule has 0 bridgehead atoms. The number of rotatable bonds is 7. The van der Waals surface area contributed by atoms with E-state index in [2.05, 4.69) is 18.7 Å². The molecule has 0 amide bonds. The monoisotopic (exact) mass is 201 g/mol. The standard InChI is InChI=1S/C11H23NO2/c1-10(2)6-7-11(13)14-9-5-8-12(3)4/h10H,5-9H2,1-4H3. The molecule has 0 aliphatic rings. The van der Waals surface area contributed by atoms with E-state index < -0.39 is 0 Å². The quantitative estimate of drug-likeness (QED) is 0.465. The normalized spacial score (nSPS) is 11.0. The smallest absolute Gasteiger partial charge is 0.305 e. The van der Waals surface area contributed by atoms with Gasteiger partial charge in [0.2, 0.25) is 0 Å². The summed E-state index contributed by atoms with van der Waals surface area (Å²) in [5, 5.41) is 0. The minimum absolute atomic E-state index is 0.0579. The zero-order valence-corrected chi connectivity index (χ0v) is 9.88. The van der Waals surface area contributed by atoms with Gasteiger partial charge in [0.15, 0.2) is 0 Å². The molecule has 0 atom stereocenters. The van der Waals surface area contributed by atoms with Crippen LogP contribution < -0.4 is 0 Å². The van der Waals surface area contributed by atoms with Gasteiger partial charge in [-0.25, -0.2) is 0 Å². The summed E-state index contributed by atoms with van der Waals surface area (Å²) >= 11 is 0. The van der Waals surface area contributed by atoms with Gasteiger partial charge >= 0.3 is 5.97 Å². The molecule has 14 heavy (non-hydrogen) atoms. The van der Waals surface area contributed by atoms with Crippen LogP contribution in [0.3, 0.4) is 0 Å². The van der Waals surface area contributed by atoms with Crippen molar-refractivity contribution in [3.8, 4) is 0 Å². The van der Waals surface area contributed by atoms with E-state index >= 15 is 0 Å².